The van der Waals surface area contributed by atoms with Crippen LogP contribution in [0.1, 0.15) is 41.5 Å². The fourth-order valence-electron chi connectivity index (χ4n) is 1.63. The van der Waals surface area contributed by atoms with E-state index in [1.54, 1.807) is 6.92 Å². The van der Waals surface area contributed by atoms with Crippen molar-refractivity contribution in [3.8, 4) is 0 Å². The van der Waals surface area contributed by atoms with E-state index < -0.39 is 6.17 Å². The van der Waals surface area contributed by atoms with E-state index in [0.29, 0.717) is 0 Å². The van der Waals surface area contributed by atoms with Crippen molar-refractivity contribution in [2.75, 3.05) is 0 Å². The van der Waals surface area contributed by atoms with Gasteiger partial charge in [-0.1, -0.05) is 39.3 Å². The summed E-state index contributed by atoms with van der Waals surface area (Å²) in [4.78, 5) is 0. The van der Waals surface area contributed by atoms with Crippen molar-refractivity contribution in [2.45, 2.75) is 47.7 Å². The fraction of sp³-hybridized carbons (Fsp3) is 0.818. The van der Waals surface area contributed by atoms with Gasteiger partial charge in [0.05, 0.1) is 0 Å². The lowest BCUT2D eigenvalue weighted by molar-refractivity contribution is 0.263. The van der Waals surface area contributed by atoms with E-state index in [9.17, 15) is 4.39 Å². The van der Waals surface area contributed by atoms with Crippen LogP contribution in [0.25, 0.3) is 0 Å². The van der Waals surface area contributed by atoms with E-state index in [2.05, 4.69) is 20.8 Å². The molecule has 0 aliphatic heterocycles. The number of hydrogen-bond acceptors (Lipinski definition) is 0. The molecule has 0 aliphatic rings. The molecule has 0 aromatic heterocycles. The lowest BCUT2D eigenvalue weighted by Crippen LogP contribution is -2.21. The van der Waals surface area contributed by atoms with Crippen molar-refractivity contribution in [1.29, 1.82) is 0 Å². The number of hydrogen-bond donors (Lipinski definition) is 0. The Labute approximate surface area is 75.9 Å². The Morgan fingerprint density at radius 1 is 1.25 bits per heavy atom. The van der Waals surface area contributed by atoms with Crippen molar-refractivity contribution < 1.29 is 4.39 Å². The normalized spacial score (nSPS) is 19.1. The Hall–Kier alpha value is -0.330. The summed E-state index contributed by atoms with van der Waals surface area (Å²) < 4.78 is 13.0. The van der Waals surface area contributed by atoms with Gasteiger partial charge in [0.1, 0.15) is 6.17 Å². The summed E-state index contributed by atoms with van der Waals surface area (Å²) in [6, 6.07) is 0. The lowest BCUT2D eigenvalue weighted by Gasteiger charge is -2.29. The second-order valence-electron chi connectivity index (χ2n) is 4.46. The zero-order valence-corrected chi connectivity index (χ0v) is 9.11. The number of alkyl halides is 1. The molecule has 0 N–H and O–H groups in total. The Bertz CT molecular complexity index is 160. The quantitative estimate of drug-likeness (QED) is 0.553. The van der Waals surface area contributed by atoms with Gasteiger partial charge in [0, 0.05) is 5.92 Å². The summed E-state index contributed by atoms with van der Waals surface area (Å²) >= 11 is 0. The monoisotopic (exact) mass is 172 g/mol. The molecule has 0 heterocycles. The van der Waals surface area contributed by atoms with Crippen LogP contribution in [0.5, 0.6) is 0 Å². The van der Waals surface area contributed by atoms with Crippen molar-refractivity contribution in [1.82, 2.24) is 0 Å². The third kappa shape index (κ3) is 2.96. The molecule has 2 unspecified atom stereocenters. The molecule has 0 nitrogen and oxygen atoms in total. The van der Waals surface area contributed by atoms with E-state index in [4.69, 9.17) is 0 Å². The summed E-state index contributed by atoms with van der Waals surface area (Å²) in [5, 5.41) is 0. The molecular formula is C11H21F. The minimum atomic E-state index is -0.754. The van der Waals surface area contributed by atoms with Gasteiger partial charge >= 0.3 is 0 Å². The largest absolute Gasteiger partial charge is 0.247 e. The molecule has 72 valence electrons. The molecule has 0 saturated heterocycles. The zero-order valence-electron chi connectivity index (χ0n) is 9.11. The van der Waals surface area contributed by atoms with Gasteiger partial charge in [-0.2, -0.15) is 0 Å². The molecular weight excluding hydrogens is 151 g/mol. The van der Waals surface area contributed by atoms with Crippen molar-refractivity contribution in [3.05, 3.63) is 11.6 Å². The zero-order chi connectivity index (χ0) is 9.94. The maximum atomic E-state index is 13.0. The van der Waals surface area contributed by atoms with E-state index in [0.717, 1.165) is 0 Å². The van der Waals surface area contributed by atoms with Crippen LogP contribution in [-0.2, 0) is 0 Å². The molecule has 0 radical (unpaired) electrons. The first-order valence-corrected chi connectivity index (χ1v) is 4.61. The molecule has 0 aliphatic carbocycles. The van der Waals surface area contributed by atoms with Crippen LogP contribution >= 0.6 is 0 Å². The number of allylic oxidation sites excluding steroid dienone is 2. The van der Waals surface area contributed by atoms with Crippen molar-refractivity contribution in [3.63, 3.8) is 0 Å². The molecule has 1 heteroatoms. The number of rotatable bonds is 2. The van der Waals surface area contributed by atoms with E-state index >= 15 is 0 Å². The first kappa shape index (κ1) is 11.7. The Kier molecular flexibility index (Phi) is 3.95. The van der Waals surface area contributed by atoms with Crippen LogP contribution in [0.15, 0.2) is 11.6 Å². The van der Waals surface area contributed by atoms with Crippen LogP contribution in [0.4, 0.5) is 4.39 Å². The molecule has 0 aromatic rings. The minimum absolute atomic E-state index is 0.0370. The first-order valence-electron chi connectivity index (χ1n) is 4.61. The summed E-state index contributed by atoms with van der Waals surface area (Å²) in [6.45, 7) is 11.9. The molecule has 0 bridgehead atoms. The van der Waals surface area contributed by atoms with Gasteiger partial charge in [-0.05, 0) is 19.3 Å². The second-order valence-corrected chi connectivity index (χ2v) is 4.46. The maximum Gasteiger partial charge on any atom is 0.104 e. The van der Waals surface area contributed by atoms with Gasteiger partial charge in [-0.15, -0.1) is 0 Å². The molecule has 0 amide bonds. The third-order valence-electron chi connectivity index (χ3n) is 2.36. The predicted octanol–water partition coefficient (Wildman–Crippen LogP) is 3.97. The van der Waals surface area contributed by atoms with Gasteiger partial charge in [-0.25, -0.2) is 4.39 Å². The minimum Gasteiger partial charge on any atom is -0.247 e. The van der Waals surface area contributed by atoms with Gasteiger partial charge in [-0.3, -0.25) is 0 Å². The molecule has 0 aromatic carbocycles. The van der Waals surface area contributed by atoms with E-state index in [-0.39, 0.29) is 11.3 Å². The topological polar surface area (TPSA) is 0 Å². The van der Waals surface area contributed by atoms with Crippen LogP contribution < -0.4 is 0 Å². The van der Waals surface area contributed by atoms with E-state index in [1.807, 2.05) is 19.9 Å². The van der Waals surface area contributed by atoms with Crippen molar-refractivity contribution in [2.24, 2.45) is 11.3 Å². The molecule has 12 heavy (non-hydrogen) atoms. The third-order valence-corrected chi connectivity index (χ3v) is 2.36. The van der Waals surface area contributed by atoms with Gasteiger partial charge in [0.2, 0.25) is 0 Å². The predicted molar refractivity (Wildman–Crippen MR) is 52.9 cm³/mol. The van der Waals surface area contributed by atoms with Crippen LogP contribution in [0, 0.1) is 11.3 Å². The summed E-state index contributed by atoms with van der Waals surface area (Å²) in [6.07, 6.45) is 1.29. The molecule has 0 fully saturated rings. The van der Waals surface area contributed by atoms with Gasteiger partial charge < -0.3 is 0 Å². The fourth-order valence-corrected chi connectivity index (χ4v) is 1.63. The number of halogens is 1. The highest BCUT2D eigenvalue weighted by Crippen LogP contribution is 2.33. The SMILES string of the molecule is C/C=C(\C(C)C(C)F)C(C)(C)C. The van der Waals surface area contributed by atoms with Crippen LogP contribution in [0.3, 0.4) is 0 Å². The Balaban J connectivity index is 4.60. The first-order chi connectivity index (χ1) is 5.30. The molecule has 0 spiro atoms. The second kappa shape index (κ2) is 4.06. The highest BCUT2D eigenvalue weighted by Gasteiger charge is 2.24. The molecule has 0 rings (SSSR count). The lowest BCUT2D eigenvalue weighted by atomic mass is 9.78. The smallest absolute Gasteiger partial charge is 0.104 e. The average molecular weight is 172 g/mol. The molecule has 0 saturated carbocycles. The maximum absolute atomic E-state index is 13.0. The average Bonchev–Trinajstić information content (AvgIpc) is 1.85. The summed E-state index contributed by atoms with van der Waals surface area (Å²) in [7, 11) is 0. The molecule has 2 atom stereocenters. The highest BCUT2D eigenvalue weighted by atomic mass is 19.1. The summed E-state index contributed by atoms with van der Waals surface area (Å²) in [5.74, 6) is 0.0370. The van der Waals surface area contributed by atoms with E-state index in [1.165, 1.54) is 5.57 Å². The van der Waals surface area contributed by atoms with Crippen molar-refractivity contribution >= 4 is 0 Å². The summed E-state index contributed by atoms with van der Waals surface area (Å²) in [5.41, 5.74) is 1.30. The highest BCUT2D eigenvalue weighted by molar-refractivity contribution is 5.14. The Morgan fingerprint density at radius 2 is 1.67 bits per heavy atom. The Morgan fingerprint density at radius 3 is 1.75 bits per heavy atom. The van der Waals surface area contributed by atoms with Crippen LogP contribution in [-0.4, -0.2) is 6.17 Å². The van der Waals surface area contributed by atoms with Gasteiger partial charge in [0.25, 0.3) is 0 Å². The van der Waals surface area contributed by atoms with Crippen LogP contribution in [0.2, 0.25) is 0 Å². The standard InChI is InChI=1S/C11H21F/c1-7-10(11(4,5)6)8(2)9(3)12/h7-9H,1-6H3/b10-7+. The van der Waals surface area contributed by atoms with Gasteiger partial charge in [0.15, 0.2) is 0 Å².